The van der Waals surface area contributed by atoms with E-state index in [2.05, 4.69) is 10.0 Å². The molecule has 0 aliphatic heterocycles. The number of ether oxygens (including phenoxy) is 2. The van der Waals surface area contributed by atoms with Gasteiger partial charge in [-0.15, -0.1) is 0 Å². The normalized spacial score (nSPS) is 23.0. The molecule has 4 atom stereocenters. The fraction of sp³-hybridized carbons (Fsp3) is 0.458. The number of hydrogen-bond donors (Lipinski definition) is 2. The van der Waals surface area contributed by atoms with Gasteiger partial charge in [0.25, 0.3) is 5.91 Å². The highest BCUT2D eigenvalue weighted by Crippen LogP contribution is 2.49. The lowest BCUT2D eigenvalue weighted by atomic mass is 9.84. The van der Waals surface area contributed by atoms with Gasteiger partial charge in [-0.2, -0.15) is 0 Å². The van der Waals surface area contributed by atoms with E-state index in [1.165, 1.54) is 45.6 Å². The van der Waals surface area contributed by atoms with Crippen molar-refractivity contribution in [3.8, 4) is 11.5 Å². The number of sulfonamides is 1. The SMILES string of the molecule is COc1ccc(C(=O)Nc2ccc(S(=O)(=O)NC(C)C3CC4CCC3C4)cc2)c(OC)c1. The van der Waals surface area contributed by atoms with Crippen LogP contribution in [0.5, 0.6) is 11.5 Å². The average Bonchev–Trinajstić information content (AvgIpc) is 3.42. The molecule has 2 aromatic rings. The van der Waals surface area contributed by atoms with Crippen LogP contribution in [-0.4, -0.2) is 34.6 Å². The number of nitrogens with one attached hydrogen (secondary N) is 2. The van der Waals surface area contributed by atoms with Crippen LogP contribution in [0.1, 0.15) is 43.0 Å². The van der Waals surface area contributed by atoms with Crippen LogP contribution in [0.4, 0.5) is 5.69 Å². The number of carbonyl (C=O) groups excluding carboxylic acids is 1. The number of hydrogen-bond acceptors (Lipinski definition) is 5. The zero-order valence-corrected chi connectivity index (χ0v) is 19.4. The number of rotatable bonds is 8. The largest absolute Gasteiger partial charge is 0.497 e. The van der Waals surface area contributed by atoms with Crippen LogP contribution in [0.3, 0.4) is 0 Å². The first-order valence-electron chi connectivity index (χ1n) is 11.0. The second kappa shape index (κ2) is 9.11. The Morgan fingerprint density at radius 2 is 1.78 bits per heavy atom. The number of benzene rings is 2. The van der Waals surface area contributed by atoms with Gasteiger partial charge in [0.15, 0.2) is 0 Å². The predicted octanol–water partition coefficient (Wildman–Crippen LogP) is 4.06. The zero-order valence-electron chi connectivity index (χ0n) is 18.6. The van der Waals surface area contributed by atoms with Gasteiger partial charge in [0.2, 0.25) is 10.0 Å². The van der Waals surface area contributed by atoms with Gasteiger partial charge in [-0.3, -0.25) is 4.79 Å². The van der Waals surface area contributed by atoms with Gasteiger partial charge >= 0.3 is 0 Å². The molecule has 1 amide bonds. The molecule has 2 saturated carbocycles. The van der Waals surface area contributed by atoms with Crippen LogP contribution in [-0.2, 0) is 10.0 Å². The van der Waals surface area contributed by atoms with Crippen molar-refractivity contribution in [3.05, 3.63) is 48.0 Å². The summed E-state index contributed by atoms with van der Waals surface area (Å²) in [5.41, 5.74) is 0.847. The molecule has 2 aliphatic carbocycles. The van der Waals surface area contributed by atoms with Gasteiger partial charge in [0, 0.05) is 17.8 Å². The average molecular weight is 459 g/mol. The van der Waals surface area contributed by atoms with Crippen molar-refractivity contribution >= 4 is 21.6 Å². The summed E-state index contributed by atoms with van der Waals surface area (Å²) in [4.78, 5) is 12.9. The van der Waals surface area contributed by atoms with Crippen molar-refractivity contribution in [3.63, 3.8) is 0 Å². The topological polar surface area (TPSA) is 93.7 Å². The summed E-state index contributed by atoms with van der Waals surface area (Å²) in [5.74, 6) is 2.44. The third-order valence-corrected chi connectivity index (χ3v) is 8.43. The predicted molar refractivity (Wildman–Crippen MR) is 123 cm³/mol. The van der Waals surface area contributed by atoms with Crippen molar-refractivity contribution in [1.82, 2.24) is 4.72 Å². The summed E-state index contributed by atoms with van der Waals surface area (Å²) in [6.45, 7) is 1.97. The standard InChI is InChI=1S/C24H30N2O5S/c1-15(22-13-16-4-5-17(22)12-16)26-32(28,29)20-9-6-18(7-10-20)25-24(27)21-11-8-19(30-2)14-23(21)31-3/h6-11,14-17,22,26H,4-5,12-13H2,1-3H3,(H,25,27). The Balaban J connectivity index is 1.42. The Bertz CT molecular complexity index is 1080. The first kappa shape index (κ1) is 22.6. The van der Waals surface area contributed by atoms with Crippen molar-refractivity contribution in [2.24, 2.45) is 17.8 Å². The summed E-state index contributed by atoms with van der Waals surface area (Å²) < 4.78 is 39.1. The van der Waals surface area contributed by atoms with Crippen LogP contribution in [0.15, 0.2) is 47.4 Å². The van der Waals surface area contributed by atoms with Gasteiger partial charge in [-0.1, -0.05) is 6.42 Å². The molecule has 7 nitrogen and oxygen atoms in total. The summed E-state index contributed by atoms with van der Waals surface area (Å²) >= 11 is 0. The lowest BCUT2D eigenvalue weighted by Gasteiger charge is -2.28. The molecule has 0 radical (unpaired) electrons. The van der Waals surface area contributed by atoms with Gasteiger partial charge in [0.1, 0.15) is 11.5 Å². The highest BCUT2D eigenvalue weighted by Gasteiger charge is 2.42. The fourth-order valence-corrected chi connectivity index (χ4v) is 6.50. The zero-order chi connectivity index (χ0) is 22.9. The molecule has 4 rings (SSSR count). The Hall–Kier alpha value is -2.58. The summed E-state index contributed by atoms with van der Waals surface area (Å²) in [5, 5.41) is 2.78. The van der Waals surface area contributed by atoms with Crippen LogP contribution in [0.25, 0.3) is 0 Å². The Kier molecular flexibility index (Phi) is 6.44. The van der Waals surface area contributed by atoms with Gasteiger partial charge in [0.05, 0.1) is 24.7 Å². The van der Waals surface area contributed by atoms with Crippen molar-refractivity contribution in [2.45, 2.75) is 43.5 Å². The molecule has 0 spiro atoms. The summed E-state index contributed by atoms with van der Waals surface area (Å²) in [6.07, 6.45) is 4.86. The maximum atomic E-state index is 12.9. The van der Waals surface area contributed by atoms with Gasteiger partial charge in [-0.25, -0.2) is 13.1 Å². The highest BCUT2D eigenvalue weighted by molar-refractivity contribution is 7.89. The fourth-order valence-electron chi connectivity index (χ4n) is 5.21. The first-order valence-corrected chi connectivity index (χ1v) is 12.4. The minimum Gasteiger partial charge on any atom is -0.497 e. The maximum Gasteiger partial charge on any atom is 0.259 e. The molecule has 4 unspecified atom stereocenters. The molecule has 2 aliphatic rings. The van der Waals surface area contributed by atoms with Crippen LogP contribution in [0, 0.1) is 17.8 Å². The van der Waals surface area contributed by atoms with E-state index in [9.17, 15) is 13.2 Å². The van der Waals surface area contributed by atoms with Crippen molar-refractivity contribution < 1.29 is 22.7 Å². The van der Waals surface area contributed by atoms with E-state index in [0.29, 0.717) is 34.6 Å². The molecule has 2 fully saturated rings. The molecule has 32 heavy (non-hydrogen) atoms. The molecular weight excluding hydrogens is 428 g/mol. The quantitative estimate of drug-likeness (QED) is 0.622. The molecule has 0 saturated heterocycles. The Morgan fingerprint density at radius 1 is 1.03 bits per heavy atom. The lowest BCUT2D eigenvalue weighted by Crippen LogP contribution is -2.40. The van der Waals surface area contributed by atoms with Crippen molar-refractivity contribution in [1.29, 1.82) is 0 Å². The minimum atomic E-state index is -3.63. The highest BCUT2D eigenvalue weighted by atomic mass is 32.2. The van der Waals surface area contributed by atoms with Gasteiger partial charge < -0.3 is 14.8 Å². The molecule has 0 aromatic heterocycles. The molecule has 2 N–H and O–H groups in total. The van der Waals surface area contributed by atoms with E-state index in [-0.39, 0.29) is 16.8 Å². The molecule has 8 heteroatoms. The number of amides is 1. The van der Waals surface area contributed by atoms with E-state index >= 15 is 0 Å². The van der Waals surface area contributed by atoms with Crippen LogP contribution >= 0.6 is 0 Å². The van der Waals surface area contributed by atoms with Crippen LogP contribution in [0.2, 0.25) is 0 Å². The molecule has 2 aromatic carbocycles. The van der Waals surface area contributed by atoms with Crippen LogP contribution < -0.4 is 19.5 Å². The second-order valence-electron chi connectivity index (χ2n) is 8.79. The first-order chi connectivity index (χ1) is 15.3. The number of anilines is 1. The Labute approximate surface area is 189 Å². The van der Waals surface area contributed by atoms with E-state index < -0.39 is 10.0 Å². The third-order valence-electron chi connectivity index (χ3n) is 6.85. The summed E-state index contributed by atoms with van der Waals surface area (Å²) in [7, 11) is -0.605. The molecule has 172 valence electrons. The van der Waals surface area contributed by atoms with E-state index in [4.69, 9.17) is 9.47 Å². The number of fused-ring (bicyclic) bond motifs is 2. The number of carbonyl (C=O) groups is 1. The second-order valence-corrected chi connectivity index (χ2v) is 10.5. The summed E-state index contributed by atoms with van der Waals surface area (Å²) in [6, 6.07) is 11.0. The molecular formula is C24H30N2O5S. The number of methoxy groups -OCH3 is 2. The van der Waals surface area contributed by atoms with E-state index in [1.54, 1.807) is 30.3 Å². The van der Waals surface area contributed by atoms with E-state index in [0.717, 1.165) is 12.3 Å². The minimum absolute atomic E-state index is 0.0859. The van der Waals surface area contributed by atoms with Gasteiger partial charge in [-0.05, 0) is 80.3 Å². The Morgan fingerprint density at radius 3 is 2.38 bits per heavy atom. The van der Waals surface area contributed by atoms with E-state index in [1.807, 2.05) is 6.92 Å². The monoisotopic (exact) mass is 458 g/mol. The molecule has 2 bridgehead atoms. The lowest BCUT2D eigenvalue weighted by molar-refractivity contribution is 0.102. The third kappa shape index (κ3) is 4.61. The smallest absolute Gasteiger partial charge is 0.259 e. The molecule has 0 heterocycles. The maximum absolute atomic E-state index is 12.9. The van der Waals surface area contributed by atoms with Crippen molar-refractivity contribution in [2.75, 3.05) is 19.5 Å².